The number of para-hydroxylation sites is 1. The minimum Gasteiger partial charge on any atom is -0.504 e. The lowest BCUT2D eigenvalue weighted by molar-refractivity contribution is -0.140. The second-order valence-corrected chi connectivity index (χ2v) is 12.2. The van der Waals surface area contributed by atoms with Crippen LogP contribution in [0.25, 0.3) is 0 Å². The highest BCUT2D eigenvalue weighted by atomic mass is 16.5. The summed E-state index contributed by atoms with van der Waals surface area (Å²) in [4.78, 5) is 57.4. The number of phenols is 1. The topological polar surface area (TPSA) is 116 Å². The number of rotatable bonds is 5. The van der Waals surface area contributed by atoms with Crippen LogP contribution in [0.5, 0.6) is 11.5 Å². The third kappa shape index (κ3) is 3.71. The van der Waals surface area contributed by atoms with Gasteiger partial charge in [0.15, 0.2) is 11.5 Å². The van der Waals surface area contributed by atoms with Crippen LogP contribution in [-0.2, 0) is 24.6 Å². The van der Waals surface area contributed by atoms with E-state index >= 15 is 4.79 Å². The van der Waals surface area contributed by atoms with Crippen molar-refractivity contribution in [1.82, 2.24) is 9.91 Å². The second-order valence-electron chi connectivity index (χ2n) is 12.2. The molecule has 0 aromatic heterocycles. The first-order chi connectivity index (χ1) is 21.2. The molecule has 2 heterocycles. The van der Waals surface area contributed by atoms with Gasteiger partial charge in [0.1, 0.15) is 0 Å². The van der Waals surface area contributed by atoms with Crippen LogP contribution in [-0.4, -0.2) is 52.8 Å². The summed E-state index contributed by atoms with van der Waals surface area (Å²) in [6.45, 7) is 1.95. The molecule has 6 unspecified atom stereocenters. The summed E-state index contributed by atoms with van der Waals surface area (Å²) in [6, 6.07) is 21.8. The molecule has 3 fully saturated rings. The van der Waals surface area contributed by atoms with Crippen molar-refractivity contribution in [3.63, 3.8) is 0 Å². The van der Waals surface area contributed by atoms with Gasteiger partial charge in [0, 0.05) is 18.5 Å². The first-order valence-corrected chi connectivity index (χ1v) is 14.8. The van der Waals surface area contributed by atoms with Gasteiger partial charge in [-0.05, 0) is 49.4 Å². The molecule has 2 N–H and O–H groups in total. The van der Waals surface area contributed by atoms with E-state index in [0.29, 0.717) is 23.2 Å². The Balaban J connectivity index is 1.49. The number of hydrazine groups is 1. The molecule has 6 atom stereocenters. The Morgan fingerprint density at radius 3 is 2.32 bits per heavy atom. The number of anilines is 1. The smallest absolute Gasteiger partial charge is 0.260 e. The minimum atomic E-state index is -1.45. The van der Waals surface area contributed by atoms with Crippen molar-refractivity contribution < 1.29 is 29.0 Å². The molecular formula is C35H33N3O6. The lowest BCUT2D eigenvalue weighted by atomic mass is 9.49. The number of methoxy groups -OCH3 is 1. The normalized spacial score (nSPS) is 29.2. The molecular weight excluding hydrogens is 558 g/mol. The summed E-state index contributed by atoms with van der Waals surface area (Å²) >= 11 is 0. The van der Waals surface area contributed by atoms with Crippen LogP contribution in [0.4, 0.5) is 5.69 Å². The fraction of sp³-hybridized carbons (Fsp3) is 0.314. The van der Waals surface area contributed by atoms with E-state index in [1.54, 1.807) is 18.2 Å². The highest BCUT2D eigenvalue weighted by Gasteiger charge is 2.70. The number of allylic oxidation sites excluding steroid dienone is 2. The number of fused-ring (bicyclic) bond motifs is 4. The Morgan fingerprint density at radius 1 is 0.886 bits per heavy atom. The van der Waals surface area contributed by atoms with Crippen molar-refractivity contribution in [2.45, 2.75) is 31.1 Å². The van der Waals surface area contributed by atoms with Crippen molar-refractivity contribution in [2.24, 2.45) is 23.7 Å². The van der Waals surface area contributed by atoms with Crippen molar-refractivity contribution in [2.75, 3.05) is 19.6 Å². The molecule has 1 saturated carbocycles. The number of nitrogens with zero attached hydrogens (tertiary/aromatic N) is 2. The van der Waals surface area contributed by atoms with E-state index in [1.165, 1.54) is 19.1 Å². The molecule has 44 heavy (non-hydrogen) atoms. The molecule has 4 amide bonds. The number of benzene rings is 3. The average molecular weight is 592 g/mol. The van der Waals surface area contributed by atoms with Crippen molar-refractivity contribution >= 4 is 29.3 Å². The number of hydrogen-bond donors (Lipinski definition) is 2. The Bertz CT molecular complexity index is 1730. The average Bonchev–Trinajstić information content (AvgIpc) is 3.39. The fourth-order valence-electron chi connectivity index (χ4n) is 8.19. The molecule has 3 aromatic carbocycles. The maximum atomic E-state index is 15.0. The summed E-state index contributed by atoms with van der Waals surface area (Å²) in [5.74, 6) is -4.64. The molecule has 2 saturated heterocycles. The van der Waals surface area contributed by atoms with E-state index in [9.17, 15) is 19.5 Å². The zero-order valence-corrected chi connectivity index (χ0v) is 24.7. The number of amides is 4. The minimum absolute atomic E-state index is 0.131. The molecule has 0 spiro atoms. The summed E-state index contributed by atoms with van der Waals surface area (Å²) in [6.07, 6.45) is 2.50. The van der Waals surface area contributed by atoms with Gasteiger partial charge in [0.2, 0.25) is 11.8 Å². The number of likely N-dealkylation sites (tertiary alicyclic amines) is 1. The summed E-state index contributed by atoms with van der Waals surface area (Å²) in [7, 11) is 2.96. The molecule has 0 radical (unpaired) electrons. The van der Waals surface area contributed by atoms with Crippen LogP contribution >= 0.6 is 0 Å². The fourth-order valence-corrected chi connectivity index (χ4v) is 8.19. The number of phenolic OH excluding ortho intramolecular Hbond substituents is 1. The summed E-state index contributed by atoms with van der Waals surface area (Å²) in [5, 5.41) is 12.7. The molecule has 7 rings (SSSR count). The van der Waals surface area contributed by atoms with Gasteiger partial charge in [0.05, 0.1) is 36.0 Å². The second kappa shape index (κ2) is 10.1. The van der Waals surface area contributed by atoms with Gasteiger partial charge in [-0.3, -0.25) is 29.5 Å². The van der Waals surface area contributed by atoms with Crippen LogP contribution < -0.4 is 10.2 Å². The Kier molecular flexibility index (Phi) is 6.39. The maximum Gasteiger partial charge on any atom is 0.260 e. The quantitative estimate of drug-likeness (QED) is 0.335. The Labute approximate surface area is 255 Å². The van der Waals surface area contributed by atoms with Gasteiger partial charge in [-0.1, -0.05) is 71.8 Å². The van der Waals surface area contributed by atoms with Gasteiger partial charge in [-0.15, -0.1) is 0 Å². The number of imide groups is 2. The van der Waals surface area contributed by atoms with E-state index < -0.39 is 46.8 Å². The summed E-state index contributed by atoms with van der Waals surface area (Å²) in [5.41, 5.74) is 5.08. The Hall–Kier alpha value is -4.92. The highest BCUT2D eigenvalue weighted by molar-refractivity contribution is 6.13. The SMILES string of the molecule is COc1cccc(C2C3=CCC4C(=O)N(C)C(=O)C4C3CC3C(=O)N(Nc4ccc(C)cc4)C(=O)C32c2ccccc2)c1O. The zero-order valence-electron chi connectivity index (χ0n) is 24.7. The van der Waals surface area contributed by atoms with Crippen LogP contribution in [0, 0.1) is 30.6 Å². The van der Waals surface area contributed by atoms with Gasteiger partial charge < -0.3 is 9.84 Å². The number of aromatic hydroxyl groups is 1. The van der Waals surface area contributed by atoms with E-state index in [2.05, 4.69) is 5.43 Å². The largest absolute Gasteiger partial charge is 0.504 e. The number of carbonyl (C=O) groups excluding carboxylic acids is 4. The molecule has 2 aliphatic carbocycles. The van der Waals surface area contributed by atoms with Gasteiger partial charge >= 0.3 is 0 Å². The predicted molar refractivity (Wildman–Crippen MR) is 161 cm³/mol. The van der Waals surface area contributed by atoms with Gasteiger partial charge in [-0.25, -0.2) is 0 Å². The van der Waals surface area contributed by atoms with E-state index in [1.807, 2.05) is 67.6 Å². The van der Waals surface area contributed by atoms with Crippen molar-refractivity contribution in [3.8, 4) is 11.5 Å². The van der Waals surface area contributed by atoms with E-state index in [4.69, 9.17) is 4.74 Å². The number of ether oxygens (including phenoxy) is 1. The number of nitrogens with one attached hydrogen (secondary N) is 1. The molecule has 9 heteroatoms. The standard InChI is InChI=1S/C35H33N3O6/c1-19-12-14-21(15-13-19)36-38-32(41)26-18-25-22(16-17-23-28(25)33(42)37(2)31(23)40)29(24-10-7-11-27(44-3)30(24)39)35(26,34(38)43)20-8-5-4-6-9-20/h4-16,23,25-26,28-29,36,39H,17-18H2,1-3H3. The van der Waals surface area contributed by atoms with Crippen LogP contribution in [0.1, 0.15) is 35.4 Å². The lowest BCUT2D eigenvalue weighted by Gasteiger charge is -2.50. The molecule has 2 aliphatic heterocycles. The van der Waals surface area contributed by atoms with Crippen LogP contribution in [0.2, 0.25) is 0 Å². The monoisotopic (exact) mass is 591 g/mol. The van der Waals surface area contributed by atoms with Gasteiger partial charge in [0.25, 0.3) is 11.8 Å². The van der Waals surface area contributed by atoms with Crippen LogP contribution in [0.3, 0.4) is 0 Å². The molecule has 9 nitrogen and oxygen atoms in total. The number of hydrogen-bond acceptors (Lipinski definition) is 7. The number of aryl methyl sites for hydroxylation is 1. The maximum absolute atomic E-state index is 15.0. The first kappa shape index (κ1) is 27.9. The van der Waals surface area contributed by atoms with Gasteiger partial charge in [-0.2, -0.15) is 5.01 Å². The van der Waals surface area contributed by atoms with Crippen molar-refractivity contribution in [3.05, 3.63) is 101 Å². The zero-order chi connectivity index (χ0) is 30.9. The van der Waals surface area contributed by atoms with Crippen LogP contribution in [0.15, 0.2) is 84.4 Å². The van der Waals surface area contributed by atoms with E-state index in [-0.39, 0.29) is 29.7 Å². The number of carbonyl (C=O) groups is 4. The first-order valence-electron chi connectivity index (χ1n) is 14.8. The Morgan fingerprint density at radius 2 is 1.61 bits per heavy atom. The third-order valence-electron chi connectivity index (χ3n) is 10.2. The highest BCUT2D eigenvalue weighted by Crippen LogP contribution is 2.65. The lowest BCUT2D eigenvalue weighted by Crippen LogP contribution is -2.53. The van der Waals surface area contributed by atoms with Crippen molar-refractivity contribution in [1.29, 1.82) is 0 Å². The summed E-state index contributed by atoms with van der Waals surface area (Å²) < 4.78 is 5.49. The van der Waals surface area contributed by atoms with E-state index in [0.717, 1.165) is 16.1 Å². The molecule has 224 valence electrons. The molecule has 3 aromatic rings. The predicted octanol–water partition coefficient (Wildman–Crippen LogP) is 4.32. The third-order valence-corrected chi connectivity index (χ3v) is 10.2. The molecule has 0 bridgehead atoms. The molecule has 4 aliphatic rings.